The summed E-state index contributed by atoms with van der Waals surface area (Å²) in [5, 5.41) is 0. The van der Waals surface area contributed by atoms with Crippen LogP contribution in [-0.4, -0.2) is 24.0 Å². The van der Waals surface area contributed by atoms with Gasteiger partial charge in [-0.1, -0.05) is 6.92 Å². The highest BCUT2D eigenvalue weighted by Gasteiger charge is 2.31. The summed E-state index contributed by atoms with van der Waals surface area (Å²) in [6.07, 6.45) is 4.07. The first-order valence-corrected chi connectivity index (χ1v) is 3.90. The Morgan fingerprint density at radius 2 is 2.22 bits per heavy atom. The number of nitrogens with zero attached hydrogens (tertiary/aromatic N) is 1. The Morgan fingerprint density at radius 3 is 2.44 bits per heavy atom. The lowest BCUT2D eigenvalue weighted by Crippen LogP contribution is -2.36. The van der Waals surface area contributed by atoms with Gasteiger partial charge in [0, 0.05) is 5.54 Å². The Balaban J connectivity index is 2.56. The van der Waals surface area contributed by atoms with Crippen molar-refractivity contribution in [3.8, 4) is 0 Å². The summed E-state index contributed by atoms with van der Waals surface area (Å²) in [4.78, 5) is 2.48. The molecule has 1 aliphatic rings. The molecule has 54 valence electrons. The van der Waals surface area contributed by atoms with Crippen LogP contribution in [0.5, 0.6) is 0 Å². The predicted octanol–water partition coefficient (Wildman–Crippen LogP) is 1.88. The monoisotopic (exact) mass is 127 g/mol. The fraction of sp³-hybridized carbons (Fsp3) is 1.00. The zero-order valence-electron chi connectivity index (χ0n) is 6.78. The lowest BCUT2D eigenvalue weighted by atomic mass is 9.96. The summed E-state index contributed by atoms with van der Waals surface area (Å²) in [6.45, 7) is 5.94. The molecule has 0 saturated carbocycles. The van der Waals surface area contributed by atoms with Gasteiger partial charge in [0.15, 0.2) is 0 Å². The first-order chi connectivity index (χ1) is 4.19. The molecule has 1 saturated heterocycles. The number of hydrogen-bond acceptors (Lipinski definition) is 1. The smallest absolute Gasteiger partial charge is 0.0176 e. The standard InChI is InChI=1S/C8H17N/c1-4-8(2)6-5-7-9(8)3/h4-7H2,1-3H3/t8-/m1/s1. The van der Waals surface area contributed by atoms with Gasteiger partial charge >= 0.3 is 0 Å². The first kappa shape index (κ1) is 7.07. The van der Waals surface area contributed by atoms with Crippen molar-refractivity contribution in [2.45, 2.75) is 38.6 Å². The van der Waals surface area contributed by atoms with E-state index >= 15 is 0 Å². The number of hydrogen-bond donors (Lipinski definition) is 0. The minimum Gasteiger partial charge on any atom is -0.301 e. The molecule has 1 nitrogen and oxygen atoms in total. The normalized spacial score (nSPS) is 37.7. The zero-order chi connectivity index (χ0) is 6.91. The molecular formula is C8H17N. The number of likely N-dealkylation sites (tertiary alicyclic amines) is 1. The summed E-state index contributed by atoms with van der Waals surface area (Å²) in [5.74, 6) is 0. The van der Waals surface area contributed by atoms with Crippen molar-refractivity contribution in [1.82, 2.24) is 4.90 Å². The third-order valence-corrected chi connectivity index (χ3v) is 2.89. The lowest BCUT2D eigenvalue weighted by molar-refractivity contribution is 0.189. The molecule has 0 aromatic heterocycles. The second-order valence-electron chi connectivity index (χ2n) is 3.38. The average molecular weight is 127 g/mol. The molecule has 0 radical (unpaired) electrons. The second-order valence-corrected chi connectivity index (χ2v) is 3.38. The van der Waals surface area contributed by atoms with E-state index in [9.17, 15) is 0 Å². The van der Waals surface area contributed by atoms with E-state index < -0.39 is 0 Å². The van der Waals surface area contributed by atoms with Crippen molar-refractivity contribution in [3.63, 3.8) is 0 Å². The van der Waals surface area contributed by atoms with Crippen molar-refractivity contribution >= 4 is 0 Å². The highest BCUT2D eigenvalue weighted by atomic mass is 15.2. The molecule has 0 N–H and O–H groups in total. The van der Waals surface area contributed by atoms with Gasteiger partial charge in [-0.25, -0.2) is 0 Å². The summed E-state index contributed by atoms with van der Waals surface area (Å²) in [7, 11) is 2.23. The molecule has 0 spiro atoms. The van der Waals surface area contributed by atoms with Crippen LogP contribution in [0.2, 0.25) is 0 Å². The molecule has 1 rings (SSSR count). The van der Waals surface area contributed by atoms with E-state index in [2.05, 4.69) is 25.8 Å². The topological polar surface area (TPSA) is 3.24 Å². The minimum absolute atomic E-state index is 0.528. The molecular weight excluding hydrogens is 110 g/mol. The van der Waals surface area contributed by atoms with Gasteiger partial charge in [0.1, 0.15) is 0 Å². The molecule has 1 heteroatoms. The summed E-state index contributed by atoms with van der Waals surface area (Å²) in [5.41, 5.74) is 0.528. The van der Waals surface area contributed by atoms with Crippen molar-refractivity contribution in [3.05, 3.63) is 0 Å². The van der Waals surface area contributed by atoms with Crippen molar-refractivity contribution in [1.29, 1.82) is 0 Å². The van der Waals surface area contributed by atoms with Gasteiger partial charge in [0.25, 0.3) is 0 Å². The van der Waals surface area contributed by atoms with Gasteiger partial charge in [-0.2, -0.15) is 0 Å². The fourth-order valence-electron chi connectivity index (χ4n) is 1.60. The third kappa shape index (κ3) is 1.11. The SMILES string of the molecule is CC[C@]1(C)CCCN1C. The zero-order valence-corrected chi connectivity index (χ0v) is 6.78. The summed E-state index contributed by atoms with van der Waals surface area (Å²) >= 11 is 0. The Bertz CT molecular complexity index is 101. The lowest BCUT2D eigenvalue weighted by Gasteiger charge is -2.30. The van der Waals surface area contributed by atoms with Gasteiger partial charge in [-0.3, -0.25) is 0 Å². The molecule has 1 atom stereocenters. The van der Waals surface area contributed by atoms with Crippen molar-refractivity contribution < 1.29 is 0 Å². The Hall–Kier alpha value is -0.0400. The highest BCUT2D eigenvalue weighted by Crippen LogP contribution is 2.29. The van der Waals surface area contributed by atoms with Gasteiger partial charge in [0.2, 0.25) is 0 Å². The third-order valence-electron chi connectivity index (χ3n) is 2.89. The van der Waals surface area contributed by atoms with Gasteiger partial charge < -0.3 is 4.90 Å². The van der Waals surface area contributed by atoms with Crippen LogP contribution in [0.4, 0.5) is 0 Å². The Morgan fingerprint density at radius 1 is 1.56 bits per heavy atom. The molecule has 0 aromatic rings. The second kappa shape index (κ2) is 2.30. The predicted molar refractivity (Wildman–Crippen MR) is 40.6 cm³/mol. The van der Waals surface area contributed by atoms with Crippen LogP contribution in [0.1, 0.15) is 33.1 Å². The molecule has 1 aliphatic heterocycles. The van der Waals surface area contributed by atoms with Gasteiger partial charge in [-0.05, 0) is 39.8 Å². The van der Waals surface area contributed by atoms with E-state index in [0.717, 1.165) is 0 Å². The highest BCUT2D eigenvalue weighted by molar-refractivity contribution is 4.88. The molecule has 0 amide bonds. The van der Waals surface area contributed by atoms with Crippen LogP contribution in [0.3, 0.4) is 0 Å². The van der Waals surface area contributed by atoms with E-state index in [1.807, 2.05) is 0 Å². The van der Waals surface area contributed by atoms with E-state index in [4.69, 9.17) is 0 Å². The van der Waals surface area contributed by atoms with Crippen LogP contribution in [-0.2, 0) is 0 Å². The van der Waals surface area contributed by atoms with E-state index in [0.29, 0.717) is 5.54 Å². The maximum Gasteiger partial charge on any atom is 0.0176 e. The van der Waals surface area contributed by atoms with E-state index in [1.54, 1.807) is 0 Å². The van der Waals surface area contributed by atoms with E-state index in [-0.39, 0.29) is 0 Å². The maximum atomic E-state index is 2.48. The largest absolute Gasteiger partial charge is 0.301 e. The Kier molecular flexibility index (Phi) is 1.80. The van der Waals surface area contributed by atoms with E-state index in [1.165, 1.54) is 25.8 Å². The maximum absolute atomic E-state index is 2.48. The summed E-state index contributed by atoms with van der Waals surface area (Å²) in [6, 6.07) is 0. The fourth-order valence-corrected chi connectivity index (χ4v) is 1.60. The molecule has 0 unspecified atom stereocenters. The quantitative estimate of drug-likeness (QED) is 0.520. The molecule has 0 aliphatic carbocycles. The molecule has 1 heterocycles. The van der Waals surface area contributed by atoms with Crippen LogP contribution < -0.4 is 0 Å². The Labute approximate surface area is 58.0 Å². The van der Waals surface area contributed by atoms with Crippen molar-refractivity contribution in [2.75, 3.05) is 13.6 Å². The number of rotatable bonds is 1. The molecule has 1 fully saturated rings. The van der Waals surface area contributed by atoms with Crippen LogP contribution in [0.25, 0.3) is 0 Å². The minimum atomic E-state index is 0.528. The molecule has 0 bridgehead atoms. The van der Waals surface area contributed by atoms with Gasteiger partial charge in [0.05, 0.1) is 0 Å². The van der Waals surface area contributed by atoms with Crippen LogP contribution in [0.15, 0.2) is 0 Å². The van der Waals surface area contributed by atoms with Gasteiger partial charge in [-0.15, -0.1) is 0 Å². The van der Waals surface area contributed by atoms with Crippen LogP contribution >= 0.6 is 0 Å². The summed E-state index contributed by atoms with van der Waals surface area (Å²) < 4.78 is 0. The molecule has 9 heavy (non-hydrogen) atoms. The average Bonchev–Trinajstić information content (AvgIpc) is 2.15. The molecule has 0 aromatic carbocycles. The van der Waals surface area contributed by atoms with Crippen LogP contribution in [0, 0.1) is 0 Å². The first-order valence-electron chi connectivity index (χ1n) is 3.90. The van der Waals surface area contributed by atoms with Crippen molar-refractivity contribution in [2.24, 2.45) is 0 Å².